The van der Waals surface area contributed by atoms with Crippen LogP contribution in [0.15, 0.2) is 47.3 Å². The molecular weight excluding hydrogens is 464 g/mol. The van der Waals surface area contributed by atoms with E-state index < -0.39 is 5.91 Å². The van der Waals surface area contributed by atoms with Crippen molar-refractivity contribution in [3.63, 3.8) is 0 Å². The lowest BCUT2D eigenvalue weighted by atomic mass is 9.96. The summed E-state index contributed by atoms with van der Waals surface area (Å²) in [7, 11) is 0. The van der Waals surface area contributed by atoms with Gasteiger partial charge in [-0.2, -0.15) is 0 Å². The molecule has 5 rings (SSSR count). The number of benzene rings is 2. The predicted octanol–water partition coefficient (Wildman–Crippen LogP) is 3.10. The maximum atomic E-state index is 13.7. The molecule has 2 saturated heterocycles. The lowest BCUT2D eigenvalue weighted by Crippen LogP contribution is -2.36. The minimum atomic E-state index is -0.679. The summed E-state index contributed by atoms with van der Waals surface area (Å²) < 4.78 is 7.67. The highest BCUT2D eigenvalue weighted by Crippen LogP contribution is 2.29. The van der Waals surface area contributed by atoms with Crippen LogP contribution in [0.2, 0.25) is 5.02 Å². The maximum absolute atomic E-state index is 13.7. The van der Waals surface area contributed by atoms with Gasteiger partial charge in [-0.25, -0.2) is 0 Å². The number of aromatic nitrogens is 1. The molecule has 1 aromatic heterocycles. The second kappa shape index (κ2) is 10.5. The van der Waals surface area contributed by atoms with E-state index in [0.29, 0.717) is 22.5 Å². The summed E-state index contributed by atoms with van der Waals surface area (Å²) in [5, 5.41) is 4.62. The summed E-state index contributed by atoms with van der Waals surface area (Å²) in [6.07, 6.45) is 2.26. The van der Waals surface area contributed by atoms with E-state index in [0.717, 1.165) is 75.4 Å². The number of ether oxygens (including phenoxy) is 1. The third-order valence-electron chi connectivity index (χ3n) is 7.09. The van der Waals surface area contributed by atoms with Crippen LogP contribution in [-0.2, 0) is 17.7 Å². The van der Waals surface area contributed by atoms with Crippen molar-refractivity contribution in [2.24, 2.45) is 5.73 Å². The zero-order valence-corrected chi connectivity index (χ0v) is 20.5. The number of nitrogens with one attached hydrogen (secondary N) is 1. The molecule has 0 radical (unpaired) electrons. The fourth-order valence-electron chi connectivity index (χ4n) is 5.33. The van der Waals surface area contributed by atoms with Crippen LogP contribution < -0.4 is 16.5 Å². The van der Waals surface area contributed by atoms with E-state index >= 15 is 0 Å². The Hall–Kier alpha value is -2.71. The topological polar surface area (TPSA) is 89.6 Å². The summed E-state index contributed by atoms with van der Waals surface area (Å²) in [5.74, 6) is -0.679. The molecule has 2 aromatic carbocycles. The molecule has 3 aromatic rings. The number of fused-ring (bicyclic) bond motifs is 1. The number of amides is 1. The average molecular weight is 495 g/mol. The van der Waals surface area contributed by atoms with Crippen LogP contribution in [-0.4, -0.2) is 54.8 Å². The summed E-state index contributed by atoms with van der Waals surface area (Å²) in [5.41, 5.74) is 9.24. The first kappa shape index (κ1) is 24.0. The van der Waals surface area contributed by atoms with Gasteiger partial charge in [0.2, 0.25) is 5.43 Å². The van der Waals surface area contributed by atoms with Gasteiger partial charge in [-0.05, 0) is 61.3 Å². The van der Waals surface area contributed by atoms with Crippen molar-refractivity contribution in [2.75, 3.05) is 39.4 Å². The molecule has 3 heterocycles. The molecule has 2 fully saturated rings. The van der Waals surface area contributed by atoms with Gasteiger partial charge < -0.3 is 20.4 Å². The number of nitrogens with two attached hydrogens (primary N) is 1. The molecule has 1 amide bonds. The molecule has 3 N–H and O–H groups in total. The van der Waals surface area contributed by atoms with E-state index in [2.05, 4.69) is 20.9 Å². The number of pyridine rings is 1. The smallest absolute Gasteiger partial charge is 0.254 e. The average Bonchev–Trinajstić information content (AvgIpc) is 2.87. The van der Waals surface area contributed by atoms with Gasteiger partial charge in [-0.1, -0.05) is 29.8 Å². The first-order valence-corrected chi connectivity index (χ1v) is 12.6. The second-order valence-electron chi connectivity index (χ2n) is 9.41. The van der Waals surface area contributed by atoms with Crippen LogP contribution in [0.4, 0.5) is 0 Å². The van der Waals surface area contributed by atoms with Crippen LogP contribution in [0.3, 0.4) is 0 Å². The Labute approximate surface area is 209 Å². The van der Waals surface area contributed by atoms with E-state index in [1.54, 1.807) is 0 Å². The van der Waals surface area contributed by atoms with Gasteiger partial charge in [-0.3, -0.25) is 14.5 Å². The molecule has 2 aliphatic heterocycles. The Balaban J connectivity index is 1.67. The molecule has 35 heavy (non-hydrogen) atoms. The number of primary amides is 1. The van der Waals surface area contributed by atoms with Crippen molar-refractivity contribution < 1.29 is 9.53 Å². The van der Waals surface area contributed by atoms with Crippen molar-refractivity contribution in [1.29, 1.82) is 0 Å². The lowest BCUT2D eigenvalue weighted by molar-refractivity contribution is 0.0342. The Morgan fingerprint density at radius 2 is 1.74 bits per heavy atom. The van der Waals surface area contributed by atoms with Gasteiger partial charge in [0.25, 0.3) is 5.91 Å². The van der Waals surface area contributed by atoms with Crippen LogP contribution in [0.5, 0.6) is 0 Å². The number of morpholine rings is 1. The summed E-state index contributed by atoms with van der Waals surface area (Å²) >= 11 is 6.09. The Bertz CT molecular complexity index is 1280. The number of nitrogens with zero attached hydrogens (tertiary/aromatic N) is 2. The highest BCUT2D eigenvalue weighted by atomic mass is 35.5. The third kappa shape index (κ3) is 5.14. The lowest BCUT2D eigenvalue weighted by Gasteiger charge is -2.31. The molecule has 0 unspecified atom stereocenters. The molecule has 0 bridgehead atoms. The number of carbonyl (C=O) groups excluding carboxylic acids is 1. The van der Waals surface area contributed by atoms with Gasteiger partial charge >= 0.3 is 0 Å². The van der Waals surface area contributed by atoms with Crippen molar-refractivity contribution in [1.82, 2.24) is 14.8 Å². The quantitative estimate of drug-likeness (QED) is 0.549. The molecule has 0 spiro atoms. The van der Waals surface area contributed by atoms with E-state index in [1.165, 1.54) is 0 Å². The van der Waals surface area contributed by atoms with Gasteiger partial charge in [0.05, 0.1) is 18.7 Å². The first-order valence-electron chi connectivity index (χ1n) is 12.3. The van der Waals surface area contributed by atoms with E-state index in [1.807, 2.05) is 36.4 Å². The number of rotatable bonds is 6. The Morgan fingerprint density at radius 1 is 1.06 bits per heavy atom. The van der Waals surface area contributed by atoms with E-state index in [9.17, 15) is 9.59 Å². The minimum Gasteiger partial charge on any atom is -0.379 e. The zero-order chi connectivity index (χ0) is 24.4. The van der Waals surface area contributed by atoms with Gasteiger partial charge in [0.15, 0.2) is 0 Å². The largest absolute Gasteiger partial charge is 0.379 e. The molecular formula is C27H31ClN4O3. The normalized spacial score (nSPS) is 17.6. The standard InChI is InChI=1S/C27H31ClN4O3/c28-20-4-1-18(2-5-20)16-24-25(27(29)34)26(33)22-15-19(17-31-11-13-35-14-12-31)3-6-23(22)32(24)21-7-9-30-10-8-21/h1-6,15,21,30H,7-14,16-17H2,(H2,29,34). The molecule has 7 nitrogen and oxygen atoms in total. The fourth-order valence-corrected chi connectivity index (χ4v) is 5.45. The van der Waals surface area contributed by atoms with Crippen LogP contribution in [0, 0.1) is 0 Å². The third-order valence-corrected chi connectivity index (χ3v) is 7.34. The van der Waals surface area contributed by atoms with Crippen molar-refractivity contribution in [3.8, 4) is 0 Å². The fraction of sp³-hybridized carbons (Fsp3) is 0.407. The summed E-state index contributed by atoms with van der Waals surface area (Å²) in [6, 6.07) is 13.8. The maximum Gasteiger partial charge on any atom is 0.254 e. The monoisotopic (exact) mass is 494 g/mol. The number of hydrogen-bond acceptors (Lipinski definition) is 5. The Kier molecular flexibility index (Phi) is 7.20. The highest BCUT2D eigenvalue weighted by Gasteiger charge is 2.26. The van der Waals surface area contributed by atoms with Crippen molar-refractivity contribution in [3.05, 3.63) is 80.1 Å². The SMILES string of the molecule is NC(=O)c1c(Cc2ccc(Cl)cc2)n(C2CCNCC2)c2ccc(CN3CCOCC3)cc2c1=O. The zero-order valence-electron chi connectivity index (χ0n) is 19.8. The van der Waals surface area contributed by atoms with Crippen LogP contribution >= 0.6 is 11.6 Å². The second-order valence-corrected chi connectivity index (χ2v) is 9.85. The van der Waals surface area contributed by atoms with E-state index in [4.69, 9.17) is 22.1 Å². The Morgan fingerprint density at radius 3 is 2.43 bits per heavy atom. The number of halogens is 1. The van der Waals surface area contributed by atoms with Crippen molar-refractivity contribution >= 4 is 28.4 Å². The molecule has 0 atom stereocenters. The summed E-state index contributed by atoms with van der Waals surface area (Å²) in [6.45, 7) is 5.68. The molecule has 8 heteroatoms. The molecule has 0 saturated carbocycles. The number of piperidine rings is 1. The number of hydrogen-bond donors (Lipinski definition) is 2. The minimum absolute atomic E-state index is 0.0921. The van der Waals surface area contributed by atoms with Crippen LogP contribution in [0.1, 0.15) is 46.1 Å². The molecule has 2 aliphatic rings. The van der Waals surface area contributed by atoms with E-state index in [-0.39, 0.29) is 17.0 Å². The summed E-state index contributed by atoms with van der Waals surface area (Å²) in [4.78, 5) is 28.8. The first-order chi connectivity index (χ1) is 17.0. The highest BCUT2D eigenvalue weighted by molar-refractivity contribution is 6.30. The van der Waals surface area contributed by atoms with Crippen molar-refractivity contribution in [2.45, 2.75) is 31.8 Å². The van der Waals surface area contributed by atoms with Gasteiger partial charge in [0, 0.05) is 48.2 Å². The van der Waals surface area contributed by atoms with Crippen LogP contribution in [0.25, 0.3) is 10.9 Å². The van der Waals surface area contributed by atoms with Gasteiger partial charge in [0.1, 0.15) is 5.56 Å². The molecule has 184 valence electrons. The van der Waals surface area contributed by atoms with Gasteiger partial charge in [-0.15, -0.1) is 0 Å². The molecule has 0 aliphatic carbocycles. The predicted molar refractivity (Wildman–Crippen MR) is 138 cm³/mol. The number of carbonyl (C=O) groups is 1.